The number of hydrogen-bond donors (Lipinski definition) is 2. The van der Waals surface area contributed by atoms with Crippen molar-refractivity contribution >= 4 is 39.3 Å². The third kappa shape index (κ3) is 6.27. The first-order chi connectivity index (χ1) is 17.4. The van der Waals surface area contributed by atoms with Crippen molar-refractivity contribution < 1.29 is 19.4 Å². The number of aliphatic imine (C=N–C) groups is 1. The van der Waals surface area contributed by atoms with Crippen LogP contribution in [0.25, 0.3) is 0 Å². The van der Waals surface area contributed by atoms with E-state index in [-0.39, 0.29) is 12.5 Å². The SMILES string of the molecule is C[C@H]1OC(c2ccc(OCCCO)cc2)=N[C@@]1(Cc1ccc(Br)cc1)C(=O)NCc1ccc(Cl)cc1. The molecule has 0 radical (unpaired) electrons. The first-order valence-electron chi connectivity index (χ1n) is 11.8. The number of amides is 1. The van der Waals surface area contributed by atoms with E-state index in [9.17, 15) is 4.79 Å². The largest absolute Gasteiger partial charge is 0.494 e. The predicted molar refractivity (Wildman–Crippen MR) is 145 cm³/mol. The van der Waals surface area contributed by atoms with E-state index in [1.807, 2.05) is 67.6 Å². The molecule has 0 bridgehead atoms. The van der Waals surface area contributed by atoms with Crippen LogP contribution in [0.15, 0.2) is 82.3 Å². The summed E-state index contributed by atoms with van der Waals surface area (Å²) in [5.41, 5.74) is 1.55. The Balaban J connectivity index is 1.59. The Morgan fingerprint density at radius 2 is 1.75 bits per heavy atom. The van der Waals surface area contributed by atoms with Crippen LogP contribution in [-0.4, -0.2) is 41.8 Å². The molecule has 0 saturated heterocycles. The summed E-state index contributed by atoms with van der Waals surface area (Å²) in [5, 5.41) is 12.6. The smallest absolute Gasteiger partial charge is 0.252 e. The molecular weight excluding hydrogens is 544 g/mol. The van der Waals surface area contributed by atoms with E-state index in [2.05, 4.69) is 21.2 Å². The number of aliphatic hydroxyl groups is 1. The molecule has 4 rings (SSSR count). The molecule has 0 spiro atoms. The third-order valence-corrected chi connectivity index (χ3v) is 6.86. The normalized spacial score (nSPS) is 18.9. The average Bonchev–Trinajstić information content (AvgIpc) is 3.22. The Bertz CT molecular complexity index is 1200. The maximum absolute atomic E-state index is 13.7. The summed E-state index contributed by atoms with van der Waals surface area (Å²) in [6.07, 6.45) is 0.472. The number of ether oxygens (including phenoxy) is 2. The van der Waals surface area contributed by atoms with Crippen LogP contribution in [-0.2, 0) is 22.5 Å². The zero-order valence-electron chi connectivity index (χ0n) is 19.9. The maximum Gasteiger partial charge on any atom is 0.252 e. The van der Waals surface area contributed by atoms with Crippen LogP contribution in [0.5, 0.6) is 5.75 Å². The van der Waals surface area contributed by atoms with E-state index < -0.39 is 11.6 Å². The molecule has 1 amide bonds. The fraction of sp³-hybridized carbons (Fsp3) is 0.286. The molecule has 0 aromatic heterocycles. The van der Waals surface area contributed by atoms with Crippen molar-refractivity contribution in [3.8, 4) is 5.75 Å². The van der Waals surface area contributed by atoms with Crippen molar-refractivity contribution in [3.05, 3.63) is 99.0 Å². The van der Waals surface area contributed by atoms with Crippen molar-refractivity contribution in [1.29, 1.82) is 0 Å². The molecule has 2 N–H and O–H groups in total. The summed E-state index contributed by atoms with van der Waals surface area (Å²) in [7, 11) is 0. The fourth-order valence-electron chi connectivity index (χ4n) is 3.99. The summed E-state index contributed by atoms with van der Waals surface area (Å²) in [5.74, 6) is 0.913. The molecule has 0 aliphatic carbocycles. The number of hydrogen-bond acceptors (Lipinski definition) is 5. The summed E-state index contributed by atoms with van der Waals surface area (Å²) in [6.45, 7) is 2.76. The highest BCUT2D eigenvalue weighted by atomic mass is 79.9. The van der Waals surface area contributed by atoms with Crippen LogP contribution < -0.4 is 10.1 Å². The van der Waals surface area contributed by atoms with E-state index in [4.69, 9.17) is 31.2 Å². The standard InChI is InChI=1S/C28H28BrClN2O4/c1-19-28(17-20-3-9-23(29)10-4-20,27(34)31-18-21-5-11-24(30)12-6-21)32-26(36-19)22-7-13-25(14-8-22)35-16-2-15-33/h3-14,19,33H,2,15-18H2,1H3,(H,31,34)/t19-,28-/m1/s1. The van der Waals surface area contributed by atoms with Crippen LogP contribution >= 0.6 is 27.5 Å². The van der Waals surface area contributed by atoms with Gasteiger partial charge in [0.1, 0.15) is 11.9 Å². The highest BCUT2D eigenvalue weighted by Gasteiger charge is 2.50. The maximum atomic E-state index is 13.7. The van der Waals surface area contributed by atoms with Crippen molar-refractivity contribution in [1.82, 2.24) is 5.32 Å². The Hall–Kier alpha value is -2.87. The number of benzene rings is 3. The second kappa shape index (κ2) is 11.9. The van der Waals surface area contributed by atoms with Gasteiger partial charge in [-0.2, -0.15) is 0 Å². The minimum Gasteiger partial charge on any atom is -0.494 e. The van der Waals surface area contributed by atoms with Crippen LogP contribution in [0.3, 0.4) is 0 Å². The molecule has 188 valence electrons. The molecule has 0 fully saturated rings. The summed E-state index contributed by atoms with van der Waals surface area (Å²) < 4.78 is 12.8. The lowest BCUT2D eigenvalue weighted by atomic mass is 9.86. The lowest BCUT2D eigenvalue weighted by molar-refractivity contribution is -0.128. The zero-order valence-corrected chi connectivity index (χ0v) is 22.3. The second-order valence-corrected chi connectivity index (χ2v) is 10.0. The van der Waals surface area contributed by atoms with Gasteiger partial charge in [-0.3, -0.25) is 4.79 Å². The Labute approximate surface area is 224 Å². The summed E-state index contributed by atoms with van der Waals surface area (Å²) in [6, 6.07) is 22.6. The van der Waals surface area contributed by atoms with E-state index in [1.54, 1.807) is 12.1 Å². The van der Waals surface area contributed by atoms with Crippen LogP contribution in [0, 0.1) is 0 Å². The van der Waals surface area contributed by atoms with Gasteiger partial charge in [0, 0.05) is 41.1 Å². The number of halogens is 2. The van der Waals surface area contributed by atoms with Crippen LogP contribution in [0.2, 0.25) is 5.02 Å². The molecule has 6 nitrogen and oxygen atoms in total. The Kier molecular flexibility index (Phi) is 8.67. The van der Waals surface area contributed by atoms with Crippen molar-refractivity contribution in [2.75, 3.05) is 13.2 Å². The van der Waals surface area contributed by atoms with Gasteiger partial charge < -0.3 is 19.9 Å². The number of nitrogens with one attached hydrogen (secondary N) is 1. The van der Waals surface area contributed by atoms with Gasteiger partial charge in [0.25, 0.3) is 5.91 Å². The van der Waals surface area contributed by atoms with Crippen LogP contribution in [0.4, 0.5) is 0 Å². The van der Waals surface area contributed by atoms with E-state index in [1.165, 1.54) is 0 Å². The molecule has 1 heterocycles. The number of carbonyl (C=O) groups is 1. The minimum absolute atomic E-state index is 0.0845. The minimum atomic E-state index is -1.13. The monoisotopic (exact) mass is 570 g/mol. The quantitative estimate of drug-likeness (QED) is 0.323. The lowest BCUT2D eigenvalue weighted by Gasteiger charge is -2.28. The number of rotatable bonds is 10. The van der Waals surface area contributed by atoms with Crippen molar-refractivity contribution in [3.63, 3.8) is 0 Å². The van der Waals surface area contributed by atoms with Gasteiger partial charge >= 0.3 is 0 Å². The Morgan fingerprint density at radius 3 is 2.42 bits per heavy atom. The number of carbonyl (C=O) groups excluding carboxylic acids is 1. The first-order valence-corrected chi connectivity index (χ1v) is 12.9. The van der Waals surface area contributed by atoms with Crippen LogP contribution in [0.1, 0.15) is 30.0 Å². The highest BCUT2D eigenvalue weighted by molar-refractivity contribution is 9.10. The highest BCUT2D eigenvalue weighted by Crippen LogP contribution is 2.33. The van der Waals surface area contributed by atoms with Gasteiger partial charge in [0.2, 0.25) is 5.90 Å². The van der Waals surface area contributed by atoms with Crippen molar-refractivity contribution in [2.24, 2.45) is 4.99 Å². The van der Waals surface area contributed by atoms with E-state index >= 15 is 0 Å². The molecule has 36 heavy (non-hydrogen) atoms. The lowest BCUT2D eigenvalue weighted by Crippen LogP contribution is -2.52. The summed E-state index contributed by atoms with van der Waals surface area (Å²) in [4.78, 5) is 18.6. The third-order valence-electron chi connectivity index (χ3n) is 6.08. The van der Waals surface area contributed by atoms with Gasteiger partial charge in [-0.15, -0.1) is 0 Å². The molecule has 1 aliphatic rings. The molecular formula is C28H28BrClN2O4. The van der Waals surface area contributed by atoms with Gasteiger partial charge in [-0.1, -0.05) is 51.8 Å². The second-order valence-electron chi connectivity index (χ2n) is 8.66. The molecule has 0 unspecified atom stereocenters. The average molecular weight is 572 g/mol. The van der Waals surface area contributed by atoms with E-state index in [0.29, 0.717) is 42.7 Å². The topological polar surface area (TPSA) is 80.2 Å². The Morgan fingerprint density at radius 1 is 1.08 bits per heavy atom. The number of aliphatic hydroxyl groups excluding tert-OH is 1. The van der Waals surface area contributed by atoms with E-state index in [0.717, 1.165) is 21.2 Å². The number of nitrogens with zero attached hydrogens (tertiary/aromatic N) is 1. The van der Waals surface area contributed by atoms with Gasteiger partial charge in [-0.05, 0) is 66.6 Å². The van der Waals surface area contributed by atoms with Crippen molar-refractivity contribution in [2.45, 2.75) is 38.0 Å². The summed E-state index contributed by atoms with van der Waals surface area (Å²) >= 11 is 9.46. The molecule has 3 aromatic carbocycles. The zero-order chi connectivity index (χ0) is 25.5. The molecule has 0 saturated carbocycles. The first kappa shape index (κ1) is 26.2. The molecule has 3 aromatic rings. The van der Waals surface area contributed by atoms with Gasteiger partial charge in [-0.25, -0.2) is 4.99 Å². The molecule has 2 atom stereocenters. The molecule has 1 aliphatic heterocycles. The fourth-order valence-corrected chi connectivity index (χ4v) is 4.38. The van der Waals surface area contributed by atoms with Gasteiger partial charge in [0.05, 0.1) is 6.61 Å². The molecule has 8 heteroatoms. The predicted octanol–water partition coefficient (Wildman–Crippen LogP) is 5.33. The van der Waals surface area contributed by atoms with Gasteiger partial charge in [0.15, 0.2) is 5.54 Å².